The molecule has 0 bridgehead atoms. The second-order valence-corrected chi connectivity index (χ2v) is 9.04. The van der Waals surface area contributed by atoms with Crippen LogP contribution in [0.3, 0.4) is 0 Å². The number of hydrogen-bond acceptors (Lipinski definition) is 4. The highest BCUT2D eigenvalue weighted by atomic mass is 35.5. The predicted octanol–water partition coefficient (Wildman–Crippen LogP) is 4.46. The molecule has 2 aromatic rings. The third-order valence-electron chi connectivity index (χ3n) is 5.49. The minimum Gasteiger partial charge on any atom is -0.340 e. The van der Waals surface area contributed by atoms with Gasteiger partial charge in [0.2, 0.25) is 5.91 Å². The Morgan fingerprint density at radius 3 is 2.75 bits per heavy atom. The smallest absolute Gasteiger partial charge is 0.256 e. The Morgan fingerprint density at radius 1 is 1.14 bits per heavy atom. The van der Waals surface area contributed by atoms with Crippen molar-refractivity contribution < 1.29 is 9.59 Å². The van der Waals surface area contributed by atoms with E-state index in [2.05, 4.69) is 4.98 Å². The number of thiazole rings is 1. The molecule has 2 fully saturated rings. The van der Waals surface area contributed by atoms with Crippen molar-refractivity contribution in [1.29, 1.82) is 0 Å². The zero-order valence-electron chi connectivity index (χ0n) is 15.3. The molecule has 0 saturated carbocycles. The highest BCUT2D eigenvalue weighted by Crippen LogP contribution is 2.31. The first-order chi connectivity index (χ1) is 13.5. The van der Waals surface area contributed by atoms with Crippen molar-refractivity contribution in [3.05, 3.63) is 50.4 Å². The summed E-state index contributed by atoms with van der Waals surface area (Å²) in [5.74, 6) is 0.0905. The van der Waals surface area contributed by atoms with Crippen LogP contribution >= 0.6 is 34.5 Å². The van der Waals surface area contributed by atoms with Gasteiger partial charge in [0.05, 0.1) is 15.6 Å². The van der Waals surface area contributed by atoms with Crippen LogP contribution in [0.1, 0.15) is 47.0 Å². The van der Waals surface area contributed by atoms with Gasteiger partial charge < -0.3 is 9.80 Å². The van der Waals surface area contributed by atoms with E-state index in [1.165, 1.54) is 0 Å². The molecule has 0 aliphatic carbocycles. The Morgan fingerprint density at radius 2 is 1.96 bits per heavy atom. The van der Waals surface area contributed by atoms with E-state index in [0.29, 0.717) is 35.1 Å². The molecular weight excluding hydrogens is 417 g/mol. The summed E-state index contributed by atoms with van der Waals surface area (Å²) in [5.41, 5.74) is 0.355. The lowest BCUT2D eigenvalue weighted by Crippen LogP contribution is -2.50. The lowest BCUT2D eigenvalue weighted by atomic mass is 9.97. The van der Waals surface area contributed by atoms with Gasteiger partial charge in [-0.25, -0.2) is 4.98 Å². The molecule has 2 atom stereocenters. The summed E-state index contributed by atoms with van der Waals surface area (Å²) in [6.07, 6.45) is 5.30. The summed E-state index contributed by atoms with van der Waals surface area (Å²) in [6, 6.07) is 4.41. The number of amides is 2. The van der Waals surface area contributed by atoms with Crippen molar-refractivity contribution in [2.75, 3.05) is 19.6 Å². The molecule has 2 aliphatic rings. The normalized spacial score (nSPS) is 22.5. The number of hydrogen-bond donors (Lipinski definition) is 0. The molecule has 2 aliphatic heterocycles. The van der Waals surface area contributed by atoms with Crippen LogP contribution < -0.4 is 0 Å². The third kappa shape index (κ3) is 3.91. The fourth-order valence-electron chi connectivity index (χ4n) is 4.11. The highest BCUT2D eigenvalue weighted by molar-refractivity contribution is 7.09. The Hall–Kier alpha value is -1.63. The number of rotatable bonds is 3. The van der Waals surface area contributed by atoms with Gasteiger partial charge >= 0.3 is 0 Å². The number of carbonyl (C=O) groups excluding carboxylic acids is 2. The van der Waals surface area contributed by atoms with Gasteiger partial charge in [0.1, 0.15) is 6.04 Å². The van der Waals surface area contributed by atoms with Gasteiger partial charge in [0.25, 0.3) is 5.91 Å². The molecule has 4 rings (SSSR count). The van der Waals surface area contributed by atoms with Gasteiger partial charge in [-0.1, -0.05) is 23.2 Å². The maximum absolute atomic E-state index is 13.3. The Kier molecular flexibility index (Phi) is 5.90. The SMILES string of the molecule is O=C(C1CCCN1C(=O)c1cc(Cl)ccc1Cl)N1CCCC(c2nccs2)C1. The first-order valence-corrected chi connectivity index (χ1v) is 11.1. The quantitative estimate of drug-likeness (QED) is 0.711. The minimum absolute atomic E-state index is 0.0326. The number of carbonyl (C=O) groups is 2. The van der Waals surface area contributed by atoms with Crippen LogP contribution in [0.2, 0.25) is 10.0 Å². The number of aromatic nitrogens is 1. The van der Waals surface area contributed by atoms with E-state index < -0.39 is 6.04 Å². The van der Waals surface area contributed by atoms with Crippen molar-refractivity contribution in [2.24, 2.45) is 0 Å². The van der Waals surface area contributed by atoms with Gasteiger partial charge in [-0.3, -0.25) is 9.59 Å². The van der Waals surface area contributed by atoms with E-state index in [9.17, 15) is 9.59 Å². The average Bonchev–Trinajstić information content (AvgIpc) is 3.41. The van der Waals surface area contributed by atoms with Gasteiger partial charge in [0.15, 0.2) is 0 Å². The molecule has 0 radical (unpaired) electrons. The Labute approximate surface area is 178 Å². The molecule has 1 aromatic carbocycles. The van der Waals surface area contributed by atoms with Crippen LogP contribution in [-0.4, -0.2) is 52.3 Å². The molecule has 1 aromatic heterocycles. The van der Waals surface area contributed by atoms with Crippen LogP contribution in [0, 0.1) is 0 Å². The molecule has 3 heterocycles. The van der Waals surface area contributed by atoms with Crippen molar-refractivity contribution in [3.8, 4) is 0 Å². The van der Waals surface area contributed by atoms with Crippen molar-refractivity contribution in [1.82, 2.24) is 14.8 Å². The first-order valence-electron chi connectivity index (χ1n) is 9.49. The summed E-state index contributed by atoms with van der Waals surface area (Å²) in [4.78, 5) is 34.3. The van der Waals surface area contributed by atoms with Crippen molar-refractivity contribution in [3.63, 3.8) is 0 Å². The average molecular weight is 438 g/mol. The molecule has 2 unspecified atom stereocenters. The van der Waals surface area contributed by atoms with E-state index >= 15 is 0 Å². The molecule has 2 amide bonds. The minimum atomic E-state index is -0.433. The van der Waals surface area contributed by atoms with E-state index in [1.807, 2.05) is 16.5 Å². The standard InChI is InChI=1S/C20H21Cl2N3O2S/c21-14-5-6-16(22)15(11-14)19(26)25-9-2-4-17(25)20(27)24-8-1-3-13(12-24)18-23-7-10-28-18/h5-7,10-11,13,17H,1-4,8-9,12H2. The lowest BCUT2D eigenvalue weighted by Gasteiger charge is -2.35. The molecular formula is C20H21Cl2N3O2S. The first kappa shape index (κ1) is 19.7. The predicted molar refractivity (Wildman–Crippen MR) is 111 cm³/mol. The molecule has 8 heteroatoms. The largest absolute Gasteiger partial charge is 0.340 e. The maximum atomic E-state index is 13.3. The number of benzene rings is 1. The zero-order chi connectivity index (χ0) is 19.7. The van der Waals surface area contributed by atoms with Gasteiger partial charge in [-0.2, -0.15) is 0 Å². The van der Waals surface area contributed by atoms with Gasteiger partial charge in [0, 0.05) is 42.2 Å². The van der Waals surface area contributed by atoms with Crippen LogP contribution in [0.25, 0.3) is 0 Å². The van der Waals surface area contributed by atoms with Gasteiger partial charge in [-0.15, -0.1) is 11.3 Å². The van der Waals surface area contributed by atoms with E-state index in [1.54, 1.807) is 34.4 Å². The summed E-state index contributed by atoms with van der Waals surface area (Å²) < 4.78 is 0. The monoisotopic (exact) mass is 437 g/mol. The number of halogens is 2. The zero-order valence-corrected chi connectivity index (χ0v) is 17.6. The fourth-order valence-corrected chi connectivity index (χ4v) is 5.25. The van der Waals surface area contributed by atoms with Crippen molar-refractivity contribution in [2.45, 2.75) is 37.6 Å². The molecule has 28 heavy (non-hydrogen) atoms. The van der Waals surface area contributed by atoms with Crippen LogP contribution in [0.4, 0.5) is 0 Å². The summed E-state index contributed by atoms with van der Waals surface area (Å²) in [6.45, 7) is 1.96. The second kappa shape index (κ2) is 8.39. The summed E-state index contributed by atoms with van der Waals surface area (Å²) in [5, 5.41) is 3.87. The molecule has 0 N–H and O–H groups in total. The Balaban J connectivity index is 1.50. The van der Waals surface area contributed by atoms with Crippen LogP contribution in [0.15, 0.2) is 29.8 Å². The Bertz CT molecular complexity index is 874. The number of nitrogens with zero attached hydrogens (tertiary/aromatic N) is 3. The van der Waals surface area contributed by atoms with Crippen LogP contribution in [0.5, 0.6) is 0 Å². The van der Waals surface area contributed by atoms with Crippen molar-refractivity contribution >= 4 is 46.4 Å². The third-order valence-corrected chi connectivity index (χ3v) is 6.99. The van der Waals surface area contributed by atoms with E-state index in [4.69, 9.17) is 23.2 Å². The van der Waals surface area contributed by atoms with E-state index in [-0.39, 0.29) is 17.7 Å². The lowest BCUT2D eigenvalue weighted by molar-refractivity contribution is -0.136. The topological polar surface area (TPSA) is 53.5 Å². The highest BCUT2D eigenvalue weighted by Gasteiger charge is 2.39. The summed E-state index contributed by atoms with van der Waals surface area (Å²) in [7, 11) is 0. The van der Waals surface area contributed by atoms with Crippen LogP contribution in [-0.2, 0) is 4.79 Å². The molecule has 0 spiro atoms. The fraction of sp³-hybridized carbons (Fsp3) is 0.450. The van der Waals surface area contributed by atoms with E-state index in [0.717, 1.165) is 30.8 Å². The number of likely N-dealkylation sites (tertiary alicyclic amines) is 2. The molecule has 2 saturated heterocycles. The molecule has 148 valence electrons. The second-order valence-electron chi connectivity index (χ2n) is 7.27. The van der Waals surface area contributed by atoms with Gasteiger partial charge in [-0.05, 0) is 43.9 Å². The summed E-state index contributed by atoms with van der Waals surface area (Å²) >= 11 is 13.9. The number of piperidine rings is 1. The molecule has 5 nitrogen and oxygen atoms in total. The maximum Gasteiger partial charge on any atom is 0.256 e.